The summed E-state index contributed by atoms with van der Waals surface area (Å²) in [6.45, 7) is 10.3. The molecule has 0 heterocycles. The van der Waals surface area contributed by atoms with Gasteiger partial charge in [-0.05, 0) is 42.4 Å². The zero-order valence-electron chi connectivity index (χ0n) is 16.1. The first-order valence-electron chi connectivity index (χ1n) is 8.92. The van der Waals surface area contributed by atoms with E-state index in [1.54, 1.807) is 12.1 Å². The molecule has 1 aromatic carbocycles. The Morgan fingerprint density at radius 1 is 0.840 bits per heavy atom. The molecular formula is C20H30F4O. The van der Waals surface area contributed by atoms with E-state index in [4.69, 9.17) is 0 Å². The third kappa shape index (κ3) is 4.29. The number of ether oxygens (including phenoxy) is 1. The topological polar surface area (TPSA) is 9.23 Å². The molecule has 0 aliphatic carbocycles. The monoisotopic (exact) mass is 362 g/mol. The molecule has 0 fully saturated rings. The van der Waals surface area contributed by atoms with Crippen LogP contribution in [-0.4, -0.2) is 12.0 Å². The van der Waals surface area contributed by atoms with E-state index in [2.05, 4.69) is 25.5 Å². The van der Waals surface area contributed by atoms with E-state index in [-0.39, 0.29) is 24.0 Å². The molecule has 0 N–H and O–H groups in total. The van der Waals surface area contributed by atoms with Crippen LogP contribution < -0.4 is 4.74 Å². The first kappa shape index (κ1) is 21.8. The Kier molecular flexibility index (Phi) is 6.57. The number of alkyl halides is 4. The second kappa shape index (κ2) is 7.55. The van der Waals surface area contributed by atoms with Gasteiger partial charge in [0.05, 0.1) is 0 Å². The molecule has 144 valence electrons. The van der Waals surface area contributed by atoms with Crippen molar-refractivity contribution in [2.24, 2.45) is 5.41 Å². The van der Waals surface area contributed by atoms with Gasteiger partial charge in [0.25, 0.3) is 0 Å². The van der Waals surface area contributed by atoms with Crippen LogP contribution in [0.15, 0.2) is 24.3 Å². The van der Waals surface area contributed by atoms with Gasteiger partial charge in [0.15, 0.2) is 0 Å². The summed E-state index contributed by atoms with van der Waals surface area (Å²) in [6, 6.07) is 6.01. The van der Waals surface area contributed by atoms with Crippen LogP contribution in [0.3, 0.4) is 0 Å². The Labute approximate surface area is 148 Å². The van der Waals surface area contributed by atoms with Crippen molar-refractivity contribution in [3.05, 3.63) is 29.8 Å². The molecule has 0 spiro atoms. The van der Waals surface area contributed by atoms with Gasteiger partial charge in [-0.25, -0.2) is 0 Å². The van der Waals surface area contributed by atoms with Crippen LogP contribution in [0.4, 0.5) is 17.6 Å². The van der Waals surface area contributed by atoms with Crippen molar-refractivity contribution in [2.75, 3.05) is 0 Å². The van der Waals surface area contributed by atoms with Gasteiger partial charge < -0.3 is 4.74 Å². The standard InChI is InChI=1S/C20H30F4O/c1-7-14-17(4,5)15-10-12-16(13-11-15)25-20(23,24)19(21,22)18(6,8-2)9-3/h10-13H,7-9,14H2,1-6H3. The molecule has 1 rings (SSSR count). The second-order valence-electron chi connectivity index (χ2n) is 7.62. The van der Waals surface area contributed by atoms with Gasteiger partial charge in [-0.2, -0.15) is 17.6 Å². The number of hydrogen-bond acceptors (Lipinski definition) is 1. The van der Waals surface area contributed by atoms with Crippen molar-refractivity contribution in [2.45, 2.75) is 84.7 Å². The molecule has 0 unspecified atom stereocenters. The number of rotatable bonds is 9. The minimum Gasteiger partial charge on any atom is -0.428 e. The third-order valence-electron chi connectivity index (χ3n) is 5.44. The van der Waals surface area contributed by atoms with Gasteiger partial charge in [0.2, 0.25) is 0 Å². The molecule has 0 aliphatic heterocycles. The number of halogens is 4. The van der Waals surface area contributed by atoms with Gasteiger partial charge in [-0.3, -0.25) is 0 Å². The molecule has 25 heavy (non-hydrogen) atoms. The summed E-state index contributed by atoms with van der Waals surface area (Å²) in [6.07, 6.45) is -2.79. The summed E-state index contributed by atoms with van der Waals surface area (Å²) in [4.78, 5) is 0. The maximum absolute atomic E-state index is 14.4. The first-order valence-corrected chi connectivity index (χ1v) is 8.92. The lowest BCUT2D eigenvalue weighted by atomic mass is 9.77. The van der Waals surface area contributed by atoms with Crippen molar-refractivity contribution in [1.82, 2.24) is 0 Å². The maximum atomic E-state index is 14.4. The molecular weight excluding hydrogens is 332 g/mol. The minimum atomic E-state index is -4.58. The van der Waals surface area contributed by atoms with E-state index in [1.807, 2.05) is 0 Å². The molecule has 0 atom stereocenters. The molecule has 0 radical (unpaired) electrons. The fourth-order valence-electron chi connectivity index (χ4n) is 3.00. The number of hydrogen-bond donors (Lipinski definition) is 0. The van der Waals surface area contributed by atoms with E-state index in [0.717, 1.165) is 18.4 Å². The van der Waals surface area contributed by atoms with Crippen molar-refractivity contribution >= 4 is 0 Å². The highest BCUT2D eigenvalue weighted by Gasteiger charge is 2.67. The smallest absolute Gasteiger partial charge is 0.428 e. The van der Waals surface area contributed by atoms with E-state index < -0.39 is 17.4 Å². The fourth-order valence-corrected chi connectivity index (χ4v) is 3.00. The van der Waals surface area contributed by atoms with Crippen LogP contribution in [0.25, 0.3) is 0 Å². The van der Waals surface area contributed by atoms with Crippen LogP contribution in [0.2, 0.25) is 0 Å². The van der Waals surface area contributed by atoms with Crippen molar-refractivity contribution in [1.29, 1.82) is 0 Å². The van der Waals surface area contributed by atoms with E-state index in [1.165, 1.54) is 32.9 Å². The van der Waals surface area contributed by atoms with E-state index >= 15 is 0 Å². The highest BCUT2D eigenvalue weighted by molar-refractivity contribution is 5.32. The quantitative estimate of drug-likeness (QED) is 0.422. The second-order valence-corrected chi connectivity index (χ2v) is 7.62. The summed E-state index contributed by atoms with van der Waals surface area (Å²) in [5, 5.41) is 0. The SMILES string of the molecule is CCCC(C)(C)c1ccc(OC(F)(F)C(F)(F)C(C)(CC)CC)cc1. The van der Waals surface area contributed by atoms with Crippen molar-refractivity contribution in [3.63, 3.8) is 0 Å². The lowest BCUT2D eigenvalue weighted by Gasteiger charge is -2.39. The summed E-state index contributed by atoms with van der Waals surface area (Å²) >= 11 is 0. The average Bonchev–Trinajstić information content (AvgIpc) is 2.53. The van der Waals surface area contributed by atoms with Gasteiger partial charge in [-0.15, -0.1) is 0 Å². The van der Waals surface area contributed by atoms with Crippen molar-refractivity contribution < 1.29 is 22.3 Å². The normalized spacial score (nSPS) is 13.8. The van der Waals surface area contributed by atoms with Crippen LogP contribution in [-0.2, 0) is 5.41 Å². The Morgan fingerprint density at radius 2 is 1.32 bits per heavy atom. The van der Waals surface area contributed by atoms with Gasteiger partial charge in [0.1, 0.15) is 5.75 Å². The molecule has 0 saturated carbocycles. The Morgan fingerprint density at radius 3 is 1.72 bits per heavy atom. The summed E-state index contributed by atoms with van der Waals surface area (Å²) in [5.41, 5.74) is -0.980. The zero-order valence-corrected chi connectivity index (χ0v) is 16.1. The maximum Gasteiger partial charge on any atom is 0.464 e. The van der Waals surface area contributed by atoms with Crippen LogP contribution in [0.1, 0.15) is 72.8 Å². The molecule has 0 aliphatic rings. The molecule has 0 amide bonds. The highest BCUT2D eigenvalue weighted by Crippen LogP contribution is 2.51. The van der Waals surface area contributed by atoms with Crippen molar-refractivity contribution in [3.8, 4) is 5.75 Å². The molecule has 5 heteroatoms. The van der Waals surface area contributed by atoms with Gasteiger partial charge in [-0.1, -0.05) is 60.1 Å². The van der Waals surface area contributed by atoms with E-state index in [0.29, 0.717) is 0 Å². The van der Waals surface area contributed by atoms with Crippen LogP contribution in [0, 0.1) is 5.41 Å². The largest absolute Gasteiger partial charge is 0.464 e. The molecule has 0 bridgehead atoms. The Balaban J connectivity index is 3.04. The Bertz CT molecular complexity index is 545. The fraction of sp³-hybridized carbons (Fsp3) is 0.700. The van der Waals surface area contributed by atoms with Crippen LogP contribution >= 0.6 is 0 Å². The molecule has 1 aromatic rings. The molecule has 0 aromatic heterocycles. The predicted octanol–water partition coefficient (Wildman–Crippen LogP) is 7.20. The number of benzene rings is 1. The Hall–Kier alpha value is -1.26. The van der Waals surface area contributed by atoms with E-state index in [9.17, 15) is 17.6 Å². The summed E-state index contributed by atoms with van der Waals surface area (Å²) in [7, 11) is 0. The first-order chi connectivity index (χ1) is 11.4. The molecule has 0 saturated heterocycles. The summed E-state index contributed by atoms with van der Waals surface area (Å²) < 4.78 is 61.8. The minimum absolute atomic E-state index is 0.0698. The molecule has 1 nitrogen and oxygen atoms in total. The average molecular weight is 362 g/mol. The summed E-state index contributed by atoms with van der Waals surface area (Å²) in [5.74, 6) is -4.53. The zero-order chi connectivity index (χ0) is 19.5. The highest BCUT2D eigenvalue weighted by atomic mass is 19.3. The van der Waals surface area contributed by atoms with Gasteiger partial charge >= 0.3 is 12.0 Å². The third-order valence-corrected chi connectivity index (χ3v) is 5.44. The van der Waals surface area contributed by atoms with Gasteiger partial charge in [0, 0.05) is 5.41 Å². The lowest BCUT2D eigenvalue weighted by Crippen LogP contribution is -2.55. The predicted molar refractivity (Wildman–Crippen MR) is 93.6 cm³/mol. The lowest BCUT2D eigenvalue weighted by molar-refractivity contribution is -0.346. The van der Waals surface area contributed by atoms with Crippen LogP contribution in [0.5, 0.6) is 5.75 Å².